The molecule has 0 saturated heterocycles. The molecule has 0 atom stereocenters. The van der Waals surface area contributed by atoms with Crippen LogP contribution < -0.4 is 10.0 Å². The average molecular weight is 399 g/mol. The Bertz CT molecular complexity index is 1080. The molecule has 0 aliphatic carbocycles. The van der Waals surface area contributed by atoms with E-state index >= 15 is 0 Å². The highest BCUT2D eigenvalue weighted by Crippen LogP contribution is 2.27. The number of sulfonamides is 1. The lowest BCUT2D eigenvalue weighted by molar-refractivity contribution is 0.0959. The van der Waals surface area contributed by atoms with Crippen molar-refractivity contribution in [1.29, 1.82) is 0 Å². The minimum Gasteiger partial charge on any atom is -0.354 e. The molecular weight excluding hydrogens is 387 g/mol. The number of amides is 1. The van der Waals surface area contributed by atoms with Crippen LogP contribution in [0.2, 0.25) is 10.0 Å². The Balaban J connectivity index is 1.99. The fourth-order valence-electron chi connectivity index (χ4n) is 2.23. The lowest BCUT2D eigenvalue weighted by Crippen LogP contribution is -2.18. The van der Waals surface area contributed by atoms with Gasteiger partial charge in [-0.15, -0.1) is 0 Å². The van der Waals surface area contributed by atoms with E-state index in [1.165, 1.54) is 31.3 Å². The second kappa shape index (κ2) is 6.55. The number of hydrogen-bond donors (Lipinski definition) is 3. The highest BCUT2D eigenvalue weighted by atomic mass is 35.5. The van der Waals surface area contributed by atoms with Crippen molar-refractivity contribution in [2.24, 2.45) is 0 Å². The summed E-state index contributed by atoms with van der Waals surface area (Å²) in [5.74, 6) is -0.379. The zero-order valence-corrected chi connectivity index (χ0v) is 15.1. The molecule has 10 heteroatoms. The second-order valence-electron chi connectivity index (χ2n) is 5.09. The summed E-state index contributed by atoms with van der Waals surface area (Å²) in [5.41, 5.74) is 1.06. The number of aromatic amines is 1. The van der Waals surface area contributed by atoms with Crippen molar-refractivity contribution in [3.63, 3.8) is 0 Å². The number of benzene rings is 2. The van der Waals surface area contributed by atoms with Gasteiger partial charge in [-0.1, -0.05) is 23.2 Å². The van der Waals surface area contributed by atoms with E-state index in [0.717, 1.165) is 0 Å². The molecule has 3 rings (SSSR count). The van der Waals surface area contributed by atoms with Crippen LogP contribution in [-0.2, 0) is 10.0 Å². The first kappa shape index (κ1) is 17.5. The van der Waals surface area contributed by atoms with Crippen LogP contribution in [0.5, 0.6) is 0 Å². The molecule has 0 fully saturated rings. The number of anilines is 1. The zero-order chi connectivity index (χ0) is 18.2. The quantitative estimate of drug-likeness (QED) is 0.627. The fraction of sp³-hybridized carbons (Fsp3) is 0.0667. The highest BCUT2D eigenvalue weighted by molar-refractivity contribution is 7.92. The Labute approximate surface area is 153 Å². The molecule has 0 saturated carbocycles. The van der Waals surface area contributed by atoms with Crippen LogP contribution in [0, 0.1) is 0 Å². The van der Waals surface area contributed by atoms with E-state index in [1.54, 1.807) is 12.1 Å². The summed E-state index contributed by atoms with van der Waals surface area (Å²) < 4.78 is 27.4. The van der Waals surface area contributed by atoms with Crippen LogP contribution in [0.4, 0.5) is 5.69 Å². The maximum atomic E-state index is 12.5. The Kier molecular flexibility index (Phi) is 4.59. The van der Waals surface area contributed by atoms with Gasteiger partial charge in [0.25, 0.3) is 15.9 Å². The van der Waals surface area contributed by atoms with Crippen molar-refractivity contribution in [2.45, 2.75) is 4.90 Å². The van der Waals surface area contributed by atoms with Crippen LogP contribution in [0.1, 0.15) is 10.5 Å². The summed E-state index contributed by atoms with van der Waals surface area (Å²) >= 11 is 11.7. The van der Waals surface area contributed by atoms with Gasteiger partial charge in [0.05, 0.1) is 20.5 Å². The first-order valence-electron chi connectivity index (χ1n) is 7.00. The number of fused-ring (bicyclic) bond motifs is 1. The summed E-state index contributed by atoms with van der Waals surface area (Å²) in [5, 5.41) is 10.0. The number of H-pyrrole nitrogens is 1. The van der Waals surface area contributed by atoms with Gasteiger partial charge >= 0.3 is 0 Å². The third-order valence-corrected chi connectivity index (χ3v) is 5.58. The smallest absolute Gasteiger partial charge is 0.272 e. The van der Waals surface area contributed by atoms with Crippen molar-refractivity contribution in [1.82, 2.24) is 15.5 Å². The van der Waals surface area contributed by atoms with Gasteiger partial charge < -0.3 is 5.32 Å². The van der Waals surface area contributed by atoms with Crippen molar-refractivity contribution in [3.05, 3.63) is 52.1 Å². The third-order valence-electron chi connectivity index (χ3n) is 3.46. The van der Waals surface area contributed by atoms with E-state index in [2.05, 4.69) is 20.2 Å². The van der Waals surface area contributed by atoms with Crippen LogP contribution in [0.3, 0.4) is 0 Å². The fourth-order valence-corrected chi connectivity index (χ4v) is 3.67. The molecule has 0 bridgehead atoms. The molecule has 25 heavy (non-hydrogen) atoms. The first-order chi connectivity index (χ1) is 11.8. The van der Waals surface area contributed by atoms with E-state index in [-0.39, 0.29) is 32.2 Å². The van der Waals surface area contributed by atoms with E-state index < -0.39 is 10.0 Å². The average Bonchev–Trinajstić information content (AvgIpc) is 2.99. The van der Waals surface area contributed by atoms with E-state index in [0.29, 0.717) is 10.9 Å². The Morgan fingerprint density at radius 2 is 1.88 bits per heavy atom. The van der Waals surface area contributed by atoms with Gasteiger partial charge in [-0.05, 0) is 36.4 Å². The van der Waals surface area contributed by atoms with Gasteiger partial charge in [-0.2, -0.15) is 5.10 Å². The number of rotatable bonds is 4. The molecule has 1 aromatic heterocycles. The standard InChI is InChI=1S/C15H12Cl2N4O3S/c1-18-15(22)14-10-6-8(2-5-13(10)19-20-14)21-25(23,24)9-3-4-11(16)12(17)7-9/h2-7,21H,1H3,(H,18,22)(H,19,20). The van der Waals surface area contributed by atoms with Gasteiger partial charge in [0.1, 0.15) is 0 Å². The highest BCUT2D eigenvalue weighted by Gasteiger charge is 2.18. The third kappa shape index (κ3) is 3.41. The number of aromatic nitrogens is 2. The number of carbonyl (C=O) groups is 1. The normalized spacial score (nSPS) is 11.5. The number of nitrogens with zero attached hydrogens (tertiary/aromatic N) is 1. The minimum absolute atomic E-state index is 0.0271. The van der Waals surface area contributed by atoms with E-state index in [1.807, 2.05) is 0 Å². The Hall–Kier alpha value is -2.29. The van der Waals surface area contributed by atoms with Crippen molar-refractivity contribution >= 4 is 55.7 Å². The SMILES string of the molecule is CNC(=O)c1n[nH]c2ccc(NS(=O)(=O)c3ccc(Cl)c(Cl)c3)cc12. The van der Waals surface area contributed by atoms with Crippen LogP contribution in [0.15, 0.2) is 41.3 Å². The number of halogens is 2. The maximum absolute atomic E-state index is 12.5. The minimum atomic E-state index is -3.87. The van der Waals surface area contributed by atoms with Crippen LogP contribution in [-0.4, -0.2) is 31.6 Å². The maximum Gasteiger partial charge on any atom is 0.272 e. The van der Waals surface area contributed by atoms with Crippen molar-refractivity contribution < 1.29 is 13.2 Å². The summed E-state index contributed by atoms with van der Waals surface area (Å²) in [6, 6.07) is 8.73. The summed E-state index contributed by atoms with van der Waals surface area (Å²) in [4.78, 5) is 11.8. The molecule has 130 valence electrons. The predicted molar refractivity (Wildman–Crippen MR) is 96.8 cm³/mol. The molecule has 2 aromatic carbocycles. The molecule has 0 aliphatic heterocycles. The molecule has 0 spiro atoms. The molecule has 3 aromatic rings. The van der Waals surface area contributed by atoms with E-state index in [9.17, 15) is 13.2 Å². The van der Waals surface area contributed by atoms with Gasteiger partial charge in [0, 0.05) is 18.1 Å². The predicted octanol–water partition coefficient (Wildman–Crippen LogP) is 3.03. The van der Waals surface area contributed by atoms with Crippen molar-refractivity contribution in [3.8, 4) is 0 Å². The number of nitrogens with one attached hydrogen (secondary N) is 3. The summed E-state index contributed by atoms with van der Waals surface area (Å²) in [6.45, 7) is 0. The molecular formula is C15H12Cl2N4O3S. The zero-order valence-electron chi connectivity index (χ0n) is 12.8. The van der Waals surface area contributed by atoms with Gasteiger partial charge in [0.15, 0.2) is 5.69 Å². The van der Waals surface area contributed by atoms with Crippen LogP contribution >= 0.6 is 23.2 Å². The van der Waals surface area contributed by atoms with Gasteiger partial charge in [-0.3, -0.25) is 14.6 Å². The van der Waals surface area contributed by atoms with Gasteiger partial charge in [0.2, 0.25) is 0 Å². The molecule has 0 aliphatic rings. The molecule has 7 nitrogen and oxygen atoms in total. The topological polar surface area (TPSA) is 104 Å². The largest absolute Gasteiger partial charge is 0.354 e. The lowest BCUT2D eigenvalue weighted by Gasteiger charge is -2.09. The molecule has 1 heterocycles. The number of hydrogen-bond acceptors (Lipinski definition) is 4. The first-order valence-corrected chi connectivity index (χ1v) is 9.24. The van der Waals surface area contributed by atoms with Crippen molar-refractivity contribution in [2.75, 3.05) is 11.8 Å². The molecule has 0 unspecified atom stereocenters. The monoisotopic (exact) mass is 398 g/mol. The summed E-state index contributed by atoms with van der Waals surface area (Å²) in [6.07, 6.45) is 0. The Morgan fingerprint density at radius 3 is 2.56 bits per heavy atom. The molecule has 3 N–H and O–H groups in total. The van der Waals surface area contributed by atoms with E-state index in [4.69, 9.17) is 23.2 Å². The lowest BCUT2D eigenvalue weighted by atomic mass is 10.2. The Morgan fingerprint density at radius 1 is 1.12 bits per heavy atom. The second-order valence-corrected chi connectivity index (χ2v) is 7.59. The molecule has 0 radical (unpaired) electrons. The molecule has 1 amide bonds. The van der Waals surface area contributed by atoms with Gasteiger partial charge in [-0.25, -0.2) is 8.42 Å². The summed E-state index contributed by atoms with van der Waals surface area (Å²) in [7, 11) is -2.38. The number of carbonyl (C=O) groups excluding carboxylic acids is 1. The van der Waals surface area contributed by atoms with Crippen LogP contribution in [0.25, 0.3) is 10.9 Å².